The Morgan fingerprint density at radius 1 is 0.900 bits per heavy atom. The smallest absolute Gasteiger partial charge is 0.313 e. The first-order valence-corrected chi connectivity index (χ1v) is 10.1. The zero-order chi connectivity index (χ0) is 22.0. The SMILES string of the molecule is Cc1cc2c(c(OC(=O)C(C)C)c1)C(=O)C(c1ccc(OC(=O)C(C)C)cc1)=CC2. The number of hydrogen-bond donors (Lipinski definition) is 0. The molecule has 30 heavy (non-hydrogen) atoms. The first-order valence-electron chi connectivity index (χ1n) is 10.1. The number of allylic oxidation sites excluding steroid dienone is 2. The molecule has 0 radical (unpaired) electrons. The van der Waals surface area contributed by atoms with E-state index in [4.69, 9.17) is 9.47 Å². The van der Waals surface area contributed by atoms with Crippen molar-refractivity contribution in [2.45, 2.75) is 41.0 Å². The van der Waals surface area contributed by atoms with E-state index >= 15 is 0 Å². The van der Waals surface area contributed by atoms with Crippen LogP contribution in [-0.2, 0) is 16.0 Å². The van der Waals surface area contributed by atoms with Gasteiger partial charge in [0.2, 0.25) is 0 Å². The summed E-state index contributed by atoms with van der Waals surface area (Å²) < 4.78 is 10.8. The van der Waals surface area contributed by atoms with Crippen LogP contribution in [-0.4, -0.2) is 17.7 Å². The fraction of sp³-hybridized carbons (Fsp3) is 0.320. The van der Waals surface area contributed by atoms with Crippen LogP contribution in [0, 0.1) is 18.8 Å². The number of carbonyl (C=O) groups is 3. The van der Waals surface area contributed by atoms with Crippen molar-refractivity contribution in [2.75, 3.05) is 0 Å². The molecule has 0 aromatic heterocycles. The molecule has 3 rings (SSSR count). The van der Waals surface area contributed by atoms with Gasteiger partial charge < -0.3 is 9.47 Å². The van der Waals surface area contributed by atoms with Crippen LogP contribution in [0.2, 0.25) is 0 Å². The number of benzene rings is 2. The summed E-state index contributed by atoms with van der Waals surface area (Å²) in [6, 6.07) is 10.5. The largest absolute Gasteiger partial charge is 0.426 e. The first-order chi connectivity index (χ1) is 14.2. The number of ketones is 1. The molecule has 0 amide bonds. The van der Waals surface area contributed by atoms with Crippen LogP contribution in [0.1, 0.15) is 54.7 Å². The van der Waals surface area contributed by atoms with E-state index in [-0.39, 0.29) is 29.6 Å². The molecule has 0 heterocycles. The van der Waals surface area contributed by atoms with Gasteiger partial charge in [-0.25, -0.2) is 0 Å². The Morgan fingerprint density at radius 3 is 2.10 bits per heavy atom. The average Bonchev–Trinajstić information content (AvgIpc) is 2.68. The van der Waals surface area contributed by atoms with E-state index in [1.165, 1.54) is 0 Å². The van der Waals surface area contributed by atoms with Crippen molar-refractivity contribution in [3.05, 3.63) is 64.7 Å². The van der Waals surface area contributed by atoms with Gasteiger partial charge in [0.05, 0.1) is 17.4 Å². The maximum atomic E-state index is 13.3. The Labute approximate surface area is 176 Å². The minimum absolute atomic E-state index is 0.185. The molecular weight excluding hydrogens is 380 g/mol. The van der Waals surface area contributed by atoms with E-state index in [0.717, 1.165) is 16.7 Å². The Balaban J connectivity index is 1.90. The van der Waals surface area contributed by atoms with Gasteiger partial charge in [-0.05, 0) is 48.2 Å². The highest BCUT2D eigenvalue weighted by Gasteiger charge is 2.27. The molecule has 156 valence electrons. The standard InChI is InChI=1S/C25H26O5/c1-14(2)24(27)29-19-9-6-17(7-10-19)20-11-8-18-12-16(5)13-21(22(18)23(20)26)30-25(28)15(3)4/h6-7,9-15H,8H2,1-5H3. The summed E-state index contributed by atoms with van der Waals surface area (Å²) in [6.45, 7) is 8.96. The van der Waals surface area contributed by atoms with E-state index in [1.54, 1.807) is 58.0 Å². The molecule has 0 spiro atoms. The first kappa shape index (κ1) is 21.5. The third-order valence-electron chi connectivity index (χ3n) is 4.86. The van der Waals surface area contributed by atoms with E-state index in [1.807, 2.05) is 19.1 Å². The van der Waals surface area contributed by atoms with Gasteiger partial charge in [-0.3, -0.25) is 14.4 Å². The lowest BCUT2D eigenvalue weighted by atomic mass is 9.85. The number of hydrogen-bond acceptors (Lipinski definition) is 5. The van der Waals surface area contributed by atoms with Gasteiger partial charge >= 0.3 is 11.9 Å². The maximum Gasteiger partial charge on any atom is 0.313 e. The Morgan fingerprint density at radius 2 is 1.50 bits per heavy atom. The summed E-state index contributed by atoms with van der Waals surface area (Å²) >= 11 is 0. The van der Waals surface area contributed by atoms with Gasteiger partial charge in [-0.2, -0.15) is 0 Å². The lowest BCUT2D eigenvalue weighted by Crippen LogP contribution is -2.19. The van der Waals surface area contributed by atoms with Gasteiger partial charge in [0, 0.05) is 5.57 Å². The van der Waals surface area contributed by atoms with Crippen LogP contribution in [0.4, 0.5) is 0 Å². The molecule has 0 aliphatic heterocycles. The van der Waals surface area contributed by atoms with Crippen LogP contribution >= 0.6 is 0 Å². The second kappa shape index (κ2) is 8.66. The maximum absolute atomic E-state index is 13.3. The van der Waals surface area contributed by atoms with Crippen molar-refractivity contribution in [2.24, 2.45) is 11.8 Å². The normalized spacial score (nSPS) is 13.2. The molecule has 1 aliphatic carbocycles. The molecule has 2 aromatic rings. The molecule has 0 N–H and O–H groups in total. The van der Waals surface area contributed by atoms with Crippen LogP contribution < -0.4 is 9.47 Å². The summed E-state index contributed by atoms with van der Waals surface area (Å²) in [6.07, 6.45) is 2.45. The molecule has 5 heteroatoms. The van der Waals surface area contributed by atoms with Gasteiger partial charge in [-0.15, -0.1) is 0 Å². The zero-order valence-corrected chi connectivity index (χ0v) is 17.9. The van der Waals surface area contributed by atoms with Crippen molar-refractivity contribution in [3.63, 3.8) is 0 Å². The van der Waals surface area contributed by atoms with Gasteiger partial charge in [0.25, 0.3) is 0 Å². The molecule has 0 bridgehead atoms. The molecule has 0 atom stereocenters. The summed E-state index contributed by atoms with van der Waals surface area (Å²) in [7, 11) is 0. The summed E-state index contributed by atoms with van der Waals surface area (Å²) in [5, 5.41) is 0. The second-order valence-corrected chi connectivity index (χ2v) is 8.12. The van der Waals surface area contributed by atoms with Crippen LogP contribution in [0.25, 0.3) is 5.57 Å². The zero-order valence-electron chi connectivity index (χ0n) is 17.9. The van der Waals surface area contributed by atoms with Crippen molar-refractivity contribution in [1.82, 2.24) is 0 Å². The molecule has 5 nitrogen and oxygen atoms in total. The van der Waals surface area contributed by atoms with Crippen molar-refractivity contribution < 1.29 is 23.9 Å². The molecule has 1 aliphatic rings. The molecule has 0 saturated carbocycles. The van der Waals surface area contributed by atoms with Crippen LogP contribution in [0.5, 0.6) is 11.5 Å². The highest BCUT2D eigenvalue weighted by Crippen LogP contribution is 2.35. The number of carbonyl (C=O) groups excluding carboxylic acids is 3. The third-order valence-corrected chi connectivity index (χ3v) is 4.86. The van der Waals surface area contributed by atoms with Gasteiger partial charge in [0.15, 0.2) is 5.78 Å². The fourth-order valence-corrected chi connectivity index (χ4v) is 3.18. The lowest BCUT2D eigenvalue weighted by Gasteiger charge is -2.20. The van der Waals surface area contributed by atoms with Crippen LogP contribution in [0.3, 0.4) is 0 Å². The quantitative estimate of drug-likeness (QED) is 0.520. The number of Topliss-reactive ketones (excluding diaryl/α,β-unsaturated/α-hetero) is 1. The summed E-state index contributed by atoms with van der Waals surface area (Å²) in [5.74, 6) is -0.643. The van der Waals surface area contributed by atoms with Crippen molar-refractivity contribution >= 4 is 23.3 Å². The van der Waals surface area contributed by atoms with Gasteiger partial charge in [0.1, 0.15) is 11.5 Å². The number of rotatable bonds is 5. The Bertz CT molecular complexity index is 1030. The summed E-state index contributed by atoms with van der Waals surface area (Å²) in [5.41, 5.74) is 3.47. The average molecular weight is 406 g/mol. The minimum atomic E-state index is -0.372. The Hall–Kier alpha value is -3.21. The van der Waals surface area contributed by atoms with Gasteiger partial charge in [-0.1, -0.05) is 52.0 Å². The predicted octanol–water partition coefficient (Wildman–Crippen LogP) is 4.94. The lowest BCUT2D eigenvalue weighted by molar-refractivity contribution is -0.138. The van der Waals surface area contributed by atoms with E-state index in [9.17, 15) is 14.4 Å². The van der Waals surface area contributed by atoms with Crippen LogP contribution in [0.15, 0.2) is 42.5 Å². The number of ether oxygens (including phenoxy) is 2. The van der Waals surface area contributed by atoms with E-state index < -0.39 is 0 Å². The van der Waals surface area contributed by atoms with Crippen molar-refractivity contribution in [1.29, 1.82) is 0 Å². The molecular formula is C25H26O5. The molecule has 0 fully saturated rings. The monoisotopic (exact) mass is 406 g/mol. The fourth-order valence-electron chi connectivity index (χ4n) is 3.18. The second-order valence-electron chi connectivity index (χ2n) is 8.12. The number of fused-ring (bicyclic) bond motifs is 1. The third kappa shape index (κ3) is 4.51. The number of esters is 2. The highest BCUT2D eigenvalue weighted by molar-refractivity contribution is 6.31. The molecule has 2 aromatic carbocycles. The minimum Gasteiger partial charge on any atom is -0.426 e. The highest BCUT2D eigenvalue weighted by atomic mass is 16.5. The molecule has 0 unspecified atom stereocenters. The van der Waals surface area contributed by atoms with E-state index in [0.29, 0.717) is 29.1 Å². The molecule has 0 saturated heterocycles. The van der Waals surface area contributed by atoms with Crippen molar-refractivity contribution in [3.8, 4) is 11.5 Å². The summed E-state index contributed by atoms with van der Waals surface area (Å²) in [4.78, 5) is 37.2. The number of aryl methyl sites for hydroxylation is 1. The Kier molecular flexibility index (Phi) is 6.20. The van der Waals surface area contributed by atoms with E-state index in [2.05, 4.69) is 0 Å². The topological polar surface area (TPSA) is 69.7 Å². The predicted molar refractivity (Wildman–Crippen MR) is 115 cm³/mol.